The zero-order valence-corrected chi connectivity index (χ0v) is 11.5. The van der Waals surface area contributed by atoms with Gasteiger partial charge in [0.1, 0.15) is 0 Å². The lowest BCUT2D eigenvalue weighted by atomic mass is 9.96. The molecule has 1 heterocycles. The standard InChI is InChI=1S/C16H23NO/c1-12-7-8-15(13(2)10-12)16(18)11-14-6-4-3-5-9-17-14/h7-8,10,14,17H,3-6,9,11H2,1-2H3. The molecule has 0 aliphatic carbocycles. The Kier molecular flexibility index (Phi) is 4.54. The number of carbonyl (C=O) groups is 1. The number of hydrogen-bond acceptors (Lipinski definition) is 2. The zero-order valence-electron chi connectivity index (χ0n) is 11.5. The van der Waals surface area contributed by atoms with Crippen LogP contribution >= 0.6 is 0 Å². The average Bonchev–Trinajstić information content (AvgIpc) is 2.57. The summed E-state index contributed by atoms with van der Waals surface area (Å²) in [5.41, 5.74) is 3.22. The highest BCUT2D eigenvalue weighted by molar-refractivity contribution is 5.97. The highest BCUT2D eigenvalue weighted by Gasteiger charge is 2.17. The van der Waals surface area contributed by atoms with Crippen LogP contribution in [0.4, 0.5) is 0 Å². The lowest BCUT2D eigenvalue weighted by Crippen LogP contribution is -2.30. The molecule has 98 valence electrons. The van der Waals surface area contributed by atoms with E-state index in [4.69, 9.17) is 0 Å². The van der Waals surface area contributed by atoms with Crippen molar-refractivity contribution in [2.24, 2.45) is 0 Å². The molecular weight excluding hydrogens is 222 g/mol. The van der Waals surface area contributed by atoms with Crippen molar-refractivity contribution in [3.63, 3.8) is 0 Å². The molecule has 2 nitrogen and oxygen atoms in total. The molecule has 1 unspecified atom stereocenters. The van der Waals surface area contributed by atoms with Crippen molar-refractivity contribution in [2.75, 3.05) is 6.54 Å². The van der Waals surface area contributed by atoms with Crippen molar-refractivity contribution in [3.05, 3.63) is 34.9 Å². The highest BCUT2D eigenvalue weighted by atomic mass is 16.1. The highest BCUT2D eigenvalue weighted by Crippen LogP contribution is 2.17. The quantitative estimate of drug-likeness (QED) is 0.827. The Hall–Kier alpha value is -1.15. The number of benzene rings is 1. The largest absolute Gasteiger partial charge is 0.314 e. The fourth-order valence-corrected chi connectivity index (χ4v) is 2.74. The Morgan fingerprint density at radius 3 is 2.89 bits per heavy atom. The average molecular weight is 245 g/mol. The van der Waals surface area contributed by atoms with Gasteiger partial charge in [0.2, 0.25) is 0 Å². The van der Waals surface area contributed by atoms with Gasteiger partial charge in [0.25, 0.3) is 0 Å². The topological polar surface area (TPSA) is 29.1 Å². The number of aryl methyl sites for hydroxylation is 2. The summed E-state index contributed by atoms with van der Waals surface area (Å²) in [5, 5.41) is 3.49. The van der Waals surface area contributed by atoms with Gasteiger partial charge in [0.15, 0.2) is 5.78 Å². The minimum atomic E-state index is 0.284. The molecule has 1 N–H and O–H groups in total. The van der Waals surface area contributed by atoms with Crippen LogP contribution in [0.1, 0.15) is 53.6 Å². The molecule has 0 radical (unpaired) electrons. The third-order valence-electron chi connectivity index (χ3n) is 3.78. The number of ketones is 1. The van der Waals surface area contributed by atoms with Gasteiger partial charge in [-0.3, -0.25) is 4.79 Å². The molecule has 1 atom stereocenters. The Morgan fingerprint density at radius 1 is 1.28 bits per heavy atom. The Balaban J connectivity index is 2.02. The second-order valence-corrected chi connectivity index (χ2v) is 5.45. The Morgan fingerprint density at radius 2 is 2.11 bits per heavy atom. The van der Waals surface area contributed by atoms with Gasteiger partial charge in [-0.05, 0) is 38.8 Å². The van der Waals surface area contributed by atoms with Crippen LogP contribution in [0.2, 0.25) is 0 Å². The van der Waals surface area contributed by atoms with Crippen LogP contribution in [0, 0.1) is 13.8 Å². The first-order chi connectivity index (χ1) is 8.66. The maximum absolute atomic E-state index is 12.3. The van der Waals surface area contributed by atoms with E-state index in [1.54, 1.807) is 0 Å². The molecule has 1 aliphatic rings. The molecule has 1 saturated heterocycles. The minimum absolute atomic E-state index is 0.284. The summed E-state index contributed by atoms with van der Waals surface area (Å²) >= 11 is 0. The molecule has 1 aromatic carbocycles. The van der Waals surface area contributed by atoms with Crippen LogP contribution in [0.25, 0.3) is 0 Å². The first-order valence-electron chi connectivity index (χ1n) is 7.00. The zero-order chi connectivity index (χ0) is 13.0. The van der Waals surface area contributed by atoms with Gasteiger partial charge in [-0.15, -0.1) is 0 Å². The normalized spacial score (nSPS) is 20.4. The van der Waals surface area contributed by atoms with E-state index in [0.29, 0.717) is 12.5 Å². The third-order valence-corrected chi connectivity index (χ3v) is 3.78. The maximum atomic E-state index is 12.3. The molecule has 0 aromatic heterocycles. The van der Waals surface area contributed by atoms with E-state index in [2.05, 4.69) is 18.3 Å². The summed E-state index contributed by atoms with van der Waals surface area (Å²) in [4.78, 5) is 12.3. The number of Topliss-reactive ketones (excluding diaryl/α,β-unsaturated/α-hetero) is 1. The van der Waals surface area contributed by atoms with Crippen LogP contribution in [0.15, 0.2) is 18.2 Å². The minimum Gasteiger partial charge on any atom is -0.314 e. The molecule has 2 heteroatoms. The van der Waals surface area contributed by atoms with Crippen molar-refractivity contribution < 1.29 is 4.79 Å². The molecule has 2 rings (SSSR count). The smallest absolute Gasteiger partial charge is 0.164 e. The molecule has 1 aliphatic heterocycles. The Labute approximate surface area is 110 Å². The van der Waals surface area contributed by atoms with Crippen molar-refractivity contribution in [1.29, 1.82) is 0 Å². The van der Waals surface area contributed by atoms with Gasteiger partial charge in [0, 0.05) is 18.0 Å². The van der Waals surface area contributed by atoms with E-state index in [1.807, 2.05) is 19.1 Å². The summed E-state index contributed by atoms with van der Waals surface area (Å²) in [6.45, 7) is 5.15. The van der Waals surface area contributed by atoms with Crippen molar-refractivity contribution in [3.8, 4) is 0 Å². The van der Waals surface area contributed by atoms with Crippen LogP contribution in [-0.2, 0) is 0 Å². The van der Waals surface area contributed by atoms with Gasteiger partial charge in [-0.1, -0.05) is 36.6 Å². The van der Waals surface area contributed by atoms with Gasteiger partial charge < -0.3 is 5.32 Å². The van der Waals surface area contributed by atoms with Crippen LogP contribution in [0.3, 0.4) is 0 Å². The summed E-state index contributed by atoms with van der Waals surface area (Å²) in [5.74, 6) is 0.284. The van der Waals surface area contributed by atoms with E-state index < -0.39 is 0 Å². The van der Waals surface area contributed by atoms with Gasteiger partial charge >= 0.3 is 0 Å². The van der Waals surface area contributed by atoms with E-state index in [0.717, 1.165) is 24.1 Å². The summed E-state index contributed by atoms with van der Waals surface area (Å²) < 4.78 is 0. The van der Waals surface area contributed by atoms with Gasteiger partial charge in [0.05, 0.1) is 0 Å². The fraction of sp³-hybridized carbons (Fsp3) is 0.562. The van der Waals surface area contributed by atoms with Crippen molar-refractivity contribution >= 4 is 5.78 Å². The van der Waals surface area contributed by atoms with Crippen molar-refractivity contribution in [1.82, 2.24) is 5.32 Å². The van der Waals surface area contributed by atoms with Gasteiger partial charge in [-0.2, -0.15) is 0 Å². The first-order valence-corrected chi connectivity index (χ1v) is 7.00. The Bertz CT molecular complexity index is 417. The predicted molar refractivity (Wildman–Crippen MR) is 75.1 cm³/mol. The van der Waals surface area contributed by atoms with Crippen LogP contribution in [-0.4, -0.2) is 18.4 Å². The SMILES string of the molecule is Cc1ccc(C(=O)CC2CCCCCN2)c(C)c1. The molecule has 18 heavy (non-hydrogen) atoms. The van der Waals surface area contributed by atoms with E-state index in [-0.39, 0.29) is 5.78 Å². The second kappa shape index (κ2) is 6.14. The summed E-state index contributed by atoms with van der Waals surface area (Å²) in [7, 11) is 0. The van der Waals surface area contributed by atoms with Gasteiger partial charge in [-0.25, -0.2) is 0 Å². The number of rotatable bonds is 3. The molecule has 0 amide bonds. The second-order valence-electron chi connectivity index (χ2n) is 5.45. The lowest BCUT2D eigenvalue weighted by Gasteiger charge is -2.15. The van der Waals surface area contributed by atoms with E-state index >= 15 is 0 Å². The maximum Gasteiger partial charge on any atom is 0.164 e. The number of carbonyl (C=O) groups excluding carboxylic acids is 1. The summed E-state index contributed by atoms with van der Waals surface area (Å²) in [6, 6.07) is 6.47. The van der Waals surface area contributed by atoms with Crippen molar-refractivity contribution in [2.45, 2.75) is 52.0 Å². The number of hydrogen-bond donors (Lipinski definition) is 1. The van der Waals surface area contributed by atoms with Crippen LogP contribution < -0.4 is 5.32 Å². The number of nitrogens with one attached hydrogen (secondary N) is 1. The van der Waals surface area contributed by atoms with E-state index in [9.17, 15) is 4.79 Å². The molecule has 0 bridgehead atoms. The molecule has 1 aromatic rings. The third kappa shape index (κ3) is 3.42. The summed E-state index contributed by atoms with van der Waals surface area (Å²) in [6.07, 6.45) is 5.56. The molecule has 0 saturated carbocycles. The molecule has 1 fully saturated rings. The monoisotopic (exact) mass is 245 g/mol. The molecule has 0 spiro atoms. The fourth-order valence-electron chi connectivity index (χ4n) is 2.74. The van der Waals surface area contributed by atoms with Crippen LogP contribution in [0.5, 0.6) is 0 Å². The molecular formula is C16H23NO. The van der Waals surface area contributed by atoms with E-state index in [1.165, 1.54) is 24.8 Å². The first kappa shape index (κ1) is 13.3. The predicted octanol–water partition coefficient (Wildman–Crippen LogP) is 3.41. The lowest BCUT2D eigenvalue weighted by molar-refractivity contribution is 0.0967.